The highest BCUT2D eigenvalue weighted by molar-refractivity contribution is 5.00. The molecule has 0 bridgehead atoms. The van der Waals surface area contributed by atoms with Crippen LogP contribution >= 0.6 is 0 Å². The van der Waals surface area contributed by atoms with E-state index in [1.54, 1.807) is 0 Å². The van der Waals surface area contributed by atoms with Gasteiger partial charge in [-0.3, -0.25) is 0 Å². The summed E-state index contributed by atoms with van der Waals surface area (Å²) in [6.45, 7) is 0.185. The summed E-state index contributed by atoms with van der Waals surface area (Å²) >= 11 is 0. The highest BCUT2D eigenvalue weighted by atomic mass is 16.3. The monoisotopic (exact) mass is 184 g/mol. The van der Waals surface area contributed by atoms with Crippen LogP contribution in [0.25, 0.3) is 0 Å². The van der Waals surface area contributed by atoms with Crippen LogP contribution in [0.5, 0.6) is 0 Å². The molecule has 2 aliphatic carbocycles. The van der Waals surface area contributed by atoms with Crippen molar-refractivity contribution in [2.75, 3.05) is 6.61 Å². The van der Waals surface area contributed by atoms with Crippen LogP contribution in [0.3, 0.4) is 0 Å². The van der Waals surface area contributed by atoms with Gasteiger partial charge in [-0.1, -0.05) is 19.3 Å². The lowest BCUT2D eigenvalue weighted by molar-refractivity contribution is -0.00460. The molecule has 2 heteroatoms. The lowest BCUT2D eigenvalue weighted by Crippen LogP contribution is -2.34. The summed E-state index contributed by atoms with van der Waals surface area (Å²) in [6, 6.07) is 0. The normalized spacial score (nSPS) is 30.0. The van der Waals surface area contributed by atoms with E-state index < -0.39 is 0 Å². The molecule has 1 atom stereocenters. The third-order valence-electron chi connectivity index (χ3n) is 3.93. The Kier molecular flexibility index (Phi) is 2.61. The van der Waals surface area contributed by atoms with E-state index in [1.165, 1.54) is 32.1 Å². The molecule has 0 spiro atoms. The zero-order valence-corrected chi connectivity index (χ0v) is 8.21. The molecule has 0 radical (unpaired) electrons. The molecule has 2 saturated carbocycles. The van der Waals surface area contributed by atoms with Crippen LogP contribution in [0.4, 0.5) is 0 Å². The summed E-state index contributed by atoms with van der Waals surface area (Å²) in [4.78, 5) is 0. The highest BCUT2D eigenvalue weighted by Gasteiger charge is 2.50. The van der Waals surface area contributed by atoms with Crippen molar-refractivity contribution in [1.29, 1.82) is 0 Å². The number of rotatable bonds is 3. The molecule has 0 amide bonds. The maximum Gasteiger partial charge on any atom is 0.0646 e. The van der Waals surface area contributed by atoms with Gasteiger partial charge in [0.2, 0.25) is 0 Å². The van der Waals surface area contributed by atoms with Gasteiger partial charge in [-0.15, -0.1) is 0 Å². The van der Waals surface area contributed by atoms with E-state index >= 15 is 0 Å². The Hall–Kier alpha value is -0.0800. The molecule has 0 unspecified atom stereocenters. The van der Waals surface area contributed by atoms with E-state index in [4.69, 9.17) is 0 Å². The molecule has 76 valence electrons. The van der Waals surface area contributed by atoms with Crippen LogP contribution in [0.1, 0.15) is 44.9 Å². The van der Waals surface area contributed by atoms with Crippen LogP contribution in [0.2, 0.25) is 0 Å². The lowest BCUT2D eigenvalue weighted by Gasteiger charge is -2.31. The largest absolute Gasteiger partial charge is 0.396 e. The Labute approximate surface area is 80.0 Å². The standard InChI is InChI=1S/C11H20O2/c12-8-11(6-7-11)10(13)9-4-2-1-3-5-9/h9-10,12-13H,1-8H2/t10-/m1/s1. The fraction of sp³-hybridized carbons (Fsp3) is 1.00. The molecule has 0 aromatic rings. The minimum Gasteiger partial charge on any atom is -0.396 e. The Balaban J connectivity index is 1.91. The predicted octanol–water partition coefficient (Wildman–Crippen LogP) is 1.70. The van der Waals surface area contributed by atoms with Gasteiger partial charge in [-0.25, -0.2) is 0 Å². The average molecular weight is 184 g/mol. The lowest BCUT2D eigenvalue weighted by atomic mass is 9.79. The van der Waals surface area contributed by atoms with Crippen LogP contribution in [0, 0.1) is 11.3 Å². The van der Waals surface area contributed by atoms with Crippen molar-refractivity contribution in [2.45, 2.75) is 51.0 Å². The van der Waals surface area contributed by atoms with Crippen molar-refractivity contribution in [2.24, 2.45) is 11.3 Å². The second kappa shape index (κ2) is 3.58. The smallest absolute Gasteiger partial charge is 0.0646 e. The summed E-state index contributed by atoms with van der Waals surface area (Å²) < 4.78 is 0. The first kappa shape index (κ1) is 9.47. The van der Waals surface area contributed by atoms with Crippen LogP contribution in [-0.4, -0.2) is 22.9 Å². The van der Waals surface area contributed by atoms with Crippen molar-refractivity contribution in [3.05, 3.63) is 0 Å². The molecule has 2 rings (SSSR count). The van der Waals surface area contributed by atoms with Gasteiger partial charge in [0.25, 0.3) is 0 Å². The minimum atomic E-state index is -0.224. The zero-order chi connectivity index (χ0) is 9.31. The number of hydrogen-bond acceptors (Lipinski definition) is 2. The van der Waals surface area contributed by atoms with E-state index in [9.17, 15) is 10.2 Å². The average Bonchev–Trinajstić information content (AvgIpc) is 2.99. The number of aliphatic hydroxyl groups excluding tert-OH is 2. The van der Waals surface area contributed by atoms with Crippen molar-refractivity contribution in [3.63, 3.8) is 0 Å². The second-order valence-electron chi connectivity index (χ2n) is 4.86. The molecule has 0 saturated heterocycles. The molecule has 0 aromatic carbocycles. The maximum absolute atomic E-state index is 10.1. The quantitative estimate of drug-likeness (QED) is 0.701. The van der Waals surface area contributed by atoms with Gasteiger partial charge in [0, 0.05) is 5.41 Å². The van der Waals surface area contributed by atoms with Crippen molar-refractivity contribution in [3.8, 4) is 0 Å². The van der Waals surface area contributed by atoms with Gasteiger partial charge in [-0.05, 0) is 31.6 Å². The molecule has 2 nitrogen and oxygen atoms in total. The fourth-order valence-corrected chi connectivity index (χ4v) is 2.66. The van der Waals surface area contributed by atoms with Gasteiger partial charge in [0.05, 0.1) is 12.7 Å². The Bertz CT molecular complexity index is 169. The van der Waals surface area contributed by atoms with Gasteiger partial charge in [0.1, 0.15) is 0 Å². The first-order valence-electron chi connectivity index (χ1n) is 5.57. The predicted molar refractivity (Wildman–Crippen MR) is 51.3 cm³/mol. The van der Waals surface area contributed by atoms with Crippen molar-refractivity contribution >= 4 is 0 Å². The third kappa shape index (κ3) is 1.75. The Morgan fingerprint density at radius 3 is 2.23 bits per heavy atom. The molecule has 0 aromatic heterocycles. The van der Waals surface area contributed by atoms with Gasteiger partial charge in [0.15, 0.2) is 0 Å². The first-order valence-corrected chi connectivity index (χ1v) is 5.57. The molecule has 2 aliphatic rings. The van der Waals surface area contributed by atoms with Crippen LogP contribution in [0.15, 0.2) is 0 Å². The van der Waals surface area contributed by atoms with Crippen molar-refractivity contribution < 1.29 is 10.2 Å². The fourth-order valence-electron chi connectivity index (χ4n) is 2.66. The van der Waals surface area contributed by atoms with Gasteiger partial charge in [-0.2, -0.15) is 0 Å². The molecule has 2 N–H and O–H groups in total. The van der Waals surface area contributed by atoms with Gasteiger partial charge < -0.3 is 10.2 Å². The summed E-state index contributed by atoms with van der Waals surface area (Å²) in [5, 5.41) is 19.3. The number of aliphatic hydroxyl groups is 2. The first-order chi connectivity index (χ1) is 6.28. The SMILES string of the molecule is OCC1([C@H](O)C2CCCCC2)CC1. The Morgan fingerprint density at radius 1 is 1.15 bits per heavy atom. The topological polar surface area (TPSA) is 40.5 Å². The summed E-state index contributed by atoms with van der Waals surface area (Å²) in [5.41, 5.74) is -0.0813. The van der Waals surface area contributed by atoms with Crippen molar-refractivity contribution in [1.82, 2.24) is 0 Å². The molecular formula is C11H20O2. The van der Waals surface area contributed by atoms with E-state index in [0.717, 1.165) is 12.8 Å². The van der Waals surface area contributed by atoms with E-state index in [0.29, 0.717) is 5.92 Å². The highest BCUT2D eigenvalue weighted by Crippen LogP contribution is 2.52. The summed E-state index contributed by atoms with van der Waals surface area (Å²) in [5.74, 6) is 0.475. The molecule has 13 heavy (non-hydrogen) atoms. The Morgan fingerprint density at radius 2 is 1.77 bits per heavy atom. The molecule has 0 aliphatic heterocycles. The second-order valence-corrected chi connectivity index (χ2v) is 4.86. The molecule has 2 fully saturated rings. The minimum absolute atomic E-state index is 0.0813. The number of hydrogen-bond donors (Lipinski definition) is 2. The van der Waals surface area contributed by atoms with E-state index in [2.05, 4.69) is 0 Å². The van der Waals surface area contributed by atoms with Gasteiger partial charge >= 0.3 is 0 Å². The van der Waals surface area contributed by atoms with Crippen LogP contribution in [-0.2, 0) is 0 Å². The molecule has 0 heterocycles. The third-order valence-corrected chi connectivity index (χ3v) is 3.93. The maximum atomic E-state index is 10.1. The van der Waals surface area contributed by atoms with Crippen LogP contribution < -0.4 is 0 Å². The van der Waals surface area contributed by atoms with E-state index in [-0.39, 0.29) is 18.1 Å². The molecular weight excluding hydrogens is 164 g/mol. The zero-order valence-electron chi connectivity index (χ0n) is 8.21. The summed E-state index contributed by atoms with van der Waals surface area (Å²) in [7, 11) is 0. The summed E-state index contributed by atoms with van der Waals surface area (Å²) in [6.07, 6.45) is 8.04. The van der Waals surface area contributed by atoms with E-state index in [1.807, 2.05) is 0 Å².